The molecule has 2 heterocycles. The number of benzene rings is 1. The number of piperazine rings is 1. The highest BCUT2D eigenvalue weighted by atomic mass is 32.2. The van der Waals surface area contributed by atoms with E-state index in [1.807, 2.05) is 24.4 Å². The van der Waals surface area contributed by atoms with Gasteiger partial charge in [-0.15, -0.1) is 11.3 Å². The van der Waals surface area contributed by atoms with E-state index in [1.54, 1.807) is 6.07 Å². The molecule has 1 saturated heterocycles. The van der Waals surface area contributed by atoms with Gasteiger partial charge in [-0.3, -0.25) is 9.59 Å². The van der Waals surface area contributed by atoms with Gasteiger partial charge in [-0.2, -0.15) is 4.31 Å². The summed E-state index contributed by atoms with van der Waals surface area (Å²) in [6.07, 6.45) is 0. The summed E-state index contributed by atoms with van der Waals surface area (Å²) >= 11 is 1.54. The van der Waals surface area contributed by atoms with Gasteiger partial charge in [0.2, 0.25) is 15.9 Å². The zero-order valence-electron chi connectivity index (χ0n) is 14.1. The standard InChI is InChI=1S/C17H19N3O4S2/c1-12(15-6-3-9-25-15)19-17(22)13-4-2-5-14(10-13)26(23,24)20-8-7-18-16(21)11-20/h2-6,9-10,12H,7-8,11H2,1H3,(H,18,21)(H,19,22)/t12-/m1/s1. The molecular weight excluding hydrogens is 374 g/mol. The van der Waals surface area contributed by atoms with Gasteiger partial charge in [0.25, 0.3) is 5.91 Å². The Morgan fingerprint density at radius 3 is 2.81 bits per heavy atom. The minimum Gasteiger partial charge on any atom is -0.354 e. The van der Waals surface area contributed by atoms with Crippen molar-refractivity contribution < 1.29 is 18.0 Å². The predicted octanol–water partition coefficient (Wildman–Crippen LogP) is 1.36. The Morgan fingerprint density at radius 1 is 1.31 bits per heavy atom. The highest BCUT2D eigenvalue weighted by molar-refractivity contribution is 7.89. The molecule has 0 aliphatic carbocycles. The molecule has 1 aromatic carbocycles. The summed E-state index contributed by atoms with van der Waals surface area (Å²) in [5, 5.41) is 7.39. The molecule has 26 heavy (non-hydrogen) atoms. The fourth-order valence-corrected chi connectivity index (χ4v) is 4.83. The first-order valence-electron chi connectivity index (χ1n) is 8.09. The van der Waals surface area contributed by atoms with Crippen LogP contribution in [0.3, 0.4) is 0 Å². The van der Waals surface area contributed by atoms with E-state index in [0.29, 0.717) is 0 Å². The number of amides is 2. The molecule has 0 saturated carbocycles. The first kappa shape index (κ1) is 18.6. The van der Waals surface area contributed by atoms with Crippen LogP contribution in [0.2, 0.25) is 0 Å². The molecule has 7 nitrogen and oxygen atoms in total. The van der Waals surface area contributed by atoms with Gasteiger partial charge in [-0.05, 0) is 36.6 Å². The van der Waals surface area contributed by atoms with Crippen molar-refractivity contribution in [1.29, 1.82) is 0 Å². The average Bonchev–Trinajstić information content (AvgIpc) is 3.16. The first-order chi connectivity index (χ1) is 12.4. The summed E-state index contributed by atoms with van der Waals surface area (Å²) in [4.78, 5) is 25.0. The molecule has 9 heteroatoms. The number of rotatable bonds is 5. The molecule has 2 N–H and O–H groups in total. The second-order valence-corrected chi connectivity index (χ2v) is 8.84. The summed E-state index contributed by atoms with van der Waals surface area (Å²) in [7, 11) is -3.83. The van der Waals surface area contributed by atoms with E-state index in [-0.39, 0.29) is 47.9 Å². The van der Waals surface area contributed by atoms with Crippen molar-refractivity contribution in [3.63, 3.8) is 0 Å². The SMILES string of the molecule is C[C@@H](NC(=O)c1cccc(S(=O)(=O)N2CCNC(=O)C2)c1)c1cccs1. The highest BCUT2D eigenvalue weighted by Gasteiger charge is 2.29. The van der Waals surface area contributed by atoms with Gasteiger partial charge in [0.15, 0.2) is 0 Å². The largest absolute Gasteiger partial charge is 0.354 e. The van der Waals surface area contributed by atoms with Crippen molar-refractivity contribution in [2.24, 2.45) is 0 Å². The van der Waals surface area contributed by atoms with Crippen LogP contribution in [0.4, 0.5) is 0 Å². The number of nitrogens with one attached hydrogen (secondary N) is 2. The van der Waals surface area contributed by atoms with E-state index in [0.717, 1.165) is 9.18 Å². The van der Waals surface area contributed by atoms with E-state index >= 15 is 0 Å². The molecule has 3 rings (SSSR count). The summed E-state index contributed by atoms with van der Waals surface area (Å²) in [6.45, 7) is 2.14. The number of carbonyl (C=O) groups is 2. The lowest BCUT2D eigenvalue weighted by Gasteiger charge is -2.26. The second kappa shape index (κ2) is 7.56. The Hall–Kier alpha value is -2.23. The minimum absolute atomic E-state index is 0.00336. The topological polar surface area (TPSA) is 95.6 Å². The summed E-state index contributed by atoms with van der Waals surface area (Å²) in [5.41, 5.74) is 0.260. The van der Waals surface area contributed by atoms with Crippen LogP contribution in [-0.2, 0) is 14.8 Å². The van der Waals surface area contributed by atoms with Crippen LogP contribution in [0.1, 0.15) is 28.2 Å². The van der Waals surface area contributed by atoms with Crippen molar-refractivity contribution >= 4 is 33.2 Å². The van der Waals surface area contributed by atoms with Gasteiger partial charge in [0.05, 0.1) is 17.5 Å². The third-order valence-electron chi connectivity index (χ3n) is 4.05. The Bertz CT molecular complexity index is 910. The van der Waals surface area contributed by atoms with Gasteiger partial charge in [-0.1, -0.05) is 12.1 Å². The molecular formula is C17H19N3O4S2. The Kier molecular flexibility index (Phi) is 5.40. The monoisotopic (exact) mass is 393 g/mol. The molecule has 1 aliphatic rings. The highest BCUT2D eigenvalue weighted by Crippen LogP contribution is 2.20. The number of nitrogens with zero attached hydrogens (tertiary/aromatic N) is 1. The molecule has 0 radical (unpaired) electrons. The maximum Gasteiger partial charge on any atom is 0.251 e. The van der Waals surface area contributed by atoms with E-state index in [9.17, 15) is 18.0 Å². The van der Waals surface area contributed by atoms with Crippen LogP contribution >= 0.6 is 11.3 Å². The van der Waals surface area contributed by atoms with Gasteiger partial charge in [0, 0.05) is 23.5 Å². The maximum absolute atomic E-state index is 12.7. The quantitative estimate of drug-likeness (QED) is 0.802. The molecule has 2 aromatic rings. The number of thiophene rings is 1. The molecule has 1 aromatic heterocycles. The fraction of sp³-hybridized carbons (Fsp3) is 0.294. The van der Waals surface area contributed by atoms with Gasteiger partial charge < -0.3 is 10.6 Å². The Balaban J connectivity index is 1.79. The van der Waals surface area contributed by atoms with Gasteiger partial charge in [-0.25, -0.2) is 8.42 Å². The molecule has 0 bridgehead atoms. The van der Waals surface area contributed by atoms with E-state index in [1.165, 1.54) is 29.5 Å². The molecule has 0 unspecified atom stereocenters. The third-order valence-corrected chi connectivity index (χ3v) is 6.95. The summed E-state index contributed by atoms with van der Waals surface area (Å²) in [5.74, 6) is -0.683. The molecule has 138 valence electrons. The Morgan fingerprint density at radius 2 is 2.12 bits per heavy atom. The van der Waals surface area contributed by atoms with Gasteiger partial charge >= 0.3 is 0 Å². The van der Waals surface area contributed by atoms with Crippen molar-refractivity contribution in [3.05, 3.63) is 52.2 Å². The van der Waals surface area contributed by atoms with Crippen molar-refractivity contribution in [1.82, 2.24) is 14.9 Å². The average molecular weight is 393 g/mol. The zero-order chi connectivity index (χ0) is 18.7. The van der Waals surface area contributed by atoms with Crippen LogP contribution in [0.25, 0.3) is 0 Å². The van der Waals surface area contributed by atoms with E-state index < -0.39 is 10.0 Å². The van der Waals surface area contributed by atoms with Crippen LogP contribution in [0, 0.1) is 0 Å². The van der Waals surface area contributed by atoms with Gasteiger partial charge in [0.1, 0.15) is 0 Å². The number of hydrogen-bond donors (Lipinski definition) is 2. The Labute approximate surface area is 156 Å². The molecule has 1 fully saturated rings. The molecule has 1 atom stereocenters. The third kappa shape index (κ3) is 3.95. The normalized spacial score (nSPS) is 16.7. The van der Waals surface area contributed by atoms with E-state index in [4.69, 9.17) is 0 Å². The predicted molar refractivity (Wildman–Crippen MR) is 98.4 cm³/mol. The minimum atomic E-state index is -3.83. The number of hydrogen-bond acceptors (Lipinski definition) is 5. The maximum atomic E-state index is 12.7. The lowest BCUT2D eigenvalue weighted by molar-refractivity contribution is -0.122. The van der Waals surface area contributed by atoms with E-state index in [2.05, 4.69) is 10.6 Å². The molecule has 1 aliphatic heterocycles. The smallest absolute Gasteiger partial charge is 0.251 e. The molecule has 0 spiro atoms. The van der Waals surface area contributed by atoms with Crippen molar-refractivity contribution in [3.8, 4) is 0 Å². The first-order valence-corrected chi connectivity index (χ1v) is 10.4. The lowest BCUT2D eigenvalue weighted by Crippen LogP contribution is -2.49. The molecule has 2 amide bonds. The van der Waals surface area contributed by atoms with Crippen LogP contribution < -0.4 is 10.6 Å². The lowest BCUT2D eigenvalue weighted by atomic mass is 10.2. The number of sulfonamides is 1. The summed E-state index contributed by atoms with van der Waals surface area (Å²) in [6, 6.07) is 9.54. The van der Waals surface area contributed by atoms with Crippen LogP contribution in [-0.4, -0.2) is 44.2 Å². The van der Waals surface area contributed by atoms with Crippen LogP contribution in [0.15, 0.2) is 46.7 Å². The fourth-order valence-electron chi connectivity index (χ4n) is 2.66. The van der Waals surface area contributed by atoms with Crippen LogP contribution in [0.5, 0.6) is 0 Å². The van der Waals surface area contributed by atoms with Crippen molar-refractivity contribution in [2.45, 2.75) is 17.9 Å². The number of carbonyl (C=O) groups excluding carboxylic acids is 2. The summed E-state index contributed by atoms with van der Waals surface area (Å²) < 4.78 is 26.6. The van der Waals surface area contributed by atoms with Crippen molar-refractivity contribution in [2.75, 3.05) is 19.6 Å². The zero-order valence-corrected chi connectivity index (χ0v) is 15.8. The second-order valence-electron chi connectivity index (χ2n) is 5.93.